The van der Waals surface area contributed by atoms with Crippen molar-refractivity contribution in [3.05, 3.63) is 53.0 Å². The molecule has 0 spiro atoms. The van der Waals surface area contributed by atoms with Crippen molar-refractivity contribution in [2.45, 2.75) is 51.4 Å². The number of carbonyl (C=O) groups is 1. The van der Waals surface area contributed by atoms with Crippen LogP contribution in [-0.4, -0.2) is 54.8 Å². The van der Waals surface area contributed by atoms with E-state index in [1.165, 1.54) is 18.2 Å². The van der Waals surface area contributed by atoms with E-state index in [0.29, 0.717) is 27.9 Å². The summed E-state index contributed by atoms with van der Waals surface area (Å²) in [4.78, 5) is 15.4. The van der Waals surface area contributed by atoms with Crippen molar-refractivity contribution in [3.8, 4) is 11.1 Å². The SMILES string of the molecule is CC(C)c1nc2c(c(-c3ccc(F)cc3)c1/C=C/[C@@H](O)C[C@@H](O)CC(=O)[O-])COCN2S(C)(=O)=O.[Na+]. The molecule has 0 unspecified atom stereocenters. The third-order valence-corrected chi connectivity index (χ3v) is 6.59. The Bertz CT molecular complexity index is 1220. The minimum Gasteiger partial charge on any atom is -0.550 e. The summed E-state index contributed by atoms with van der Waals surface area (Å²) < 4.78 is 45.2. The predicted octanol–water partition coefficient (Wildman–Crippen LogP) is -1.47. The molecule has 190 valence electrons. The fourth-order valence-electron chi connectivity index (χ4n) is 3.93. The van der Waals surface area contributed by atoms with E-state index in [0.717, 1.165) is 10.6 Å². The topological polar surface area (TPSA) is 140 Å². The number of nitrogens with zero attached hydrogens (tertiary/aromatic N) is 2. The molecule has 0 fully saturated rings. The fraction of sp³-hybridized carbons (Fsp3) is 0.417. The van der Waals surface area contributed by atoms with Crippen LogP contribution in [0.5, 0.6) is 0 Å². The average Bonchev–Trinajstić information content (AvgIpc) is 2.75. The van der Waals surface area contributed by atoms with Crippen LogP contribution in [0.4, 0.5) is 10.2 Å². The number of ether oxygens (including phenoxy) is 1. The van der Waals surface area contributed by atoms with Gasteiger partial charge >= 0.3 is 29.6 Å². The number of aliphatic hydroxyl groups is 2. The van der Waals surface area contributed by atoms with Gasteiger partial charge in [-0.3, -0.25) is 0 Å². The Morgan fingerprint density at radius 2 is 1.92 bits per heavy atom. The second kappa shape index (κ2) is 12.6. The van der Waals surface area contributed by atoms with Gasteiger partial charge in [-0.15, -0.1) is 0 Å². The van der Waals surface area contributed by atoms with Gasteiger partial charge in [0.25, 0.3) is 0 Å². The first-order chi connectivity index (χ1) is 16.4. The molecule has 3 rings (SSSR count). The van der Waals surface area contributed by atoms with Crippen molar-refractivity contribution in [1.82, 2.24) is 4.98 Å². The Morgan fingerprint density at radius 1 is 1.28 bits per heavy atom. The normalized spacial score (nSPS) is 15.5. The van der Waals surface area contributed by atoms with Crippen molar-refractivity contribution in [1.29, 1.82) is 0 Å². The number of aliphatic carboxylic acids is 1. The molecule has 1 aliphatic rings. The third-order valence-electron chi connectivity index (χ3n) is 5.52. The van der Waals surface area contributed by atoms with E-state index in [1.54, 1.807) is 18.2 Å². The maximum Gasteiger partial charge on any atom is 1.00 e. The summed E-state index contributed by atoms with van der Waals surface area (Å²) in [6.07, 6.45) is 0.751. The number of halogens is 1. The molecule has 12 heteroatoms. The summed E-state index contributed by atoms with van der Waals surface area (Å²) in [5.74, 6) is -1.80. The van der Waals surface area contributed by atoms with Crippen LogP contribution in [0.1, 0.15) is 49.4 Å². The number of carboxylic acids is 1. The molecule has 0 aliphatic carbocycles. The number of benzene rings is 1. The van der Waals surface area contributed by atoms with Gasteiger partial charge in [0.2, 0.25) is 10.0 Å². The van der Waals surface area contributed by atoms with Gasteiger partial charge in [0.15, 0.2) is 5.82 Å². The van der Waals surface area contributed by atoms with Crippen LogP contribution in [-0.2, 0) is 26.2 Å². The number of hydrogen-bond donors (Lipinski definition) is 2. The summed E-state index contributed by atoms with van der Waals surface area (Å²) in [6, 6.07) is 5.69. The molecule has 9 nitrogen and oxygen atoms in total. The number of aromatic nitrogens is 1. The molecule has 0 amide bonds. The van der Waals surface area contributed by atoms with E-state index >= 15 is 0 Å². The summed E-state index contributed by atoms with van der Waals surface area (Å²) in [6.45, 7) is 3.63. The largest absolute Gasteiger partial charge is 1.00 e. The van der Waals surface area contributed by atoms with Crippen LogP contribution in [0.2, 0.25) is 0 Å². The second-order valence-corrected chi connectivity index (χ2v) is 10.6. The minimum absolute atomic E-state index is 0. The van der Waals surface area contributed by atoms with Crippen molar-refractivity contribution in [2.75, 3.05) is 17.3 Å². The predicted molar refractivity (Wildman–Crippen MR) is 126 cm³/mol. The number of hydrogen-bond acceptors (Lipinski definition) is 8. The molecule has 36 heavy (non-hydrogen) atoms. The summed E-state index contributed by atoms with van der Waals surface area (Å²) >= 11 is 0. The molecule has 1 aromatic carbocycles. The van der Waals surface area contributed by atoms with Crippen LogP contribution >= 0.6 is 0 Å². The third kappa shape index (κ3) is 7.34. The number of carbonyl (C=O) groups excluding carboxylic acids is 1. The van der Waals surface area contributed by atoms with Crippen LogP contribution in [0.3, 0.4) is 0 Å². The Balaban J connectivity index is 0.00000456. The molecule has 0 saturated heterocycles. The van der Waals surface area contributed by atoms with Crippen molar-refractivity contribution in [3.63, 3.8) is 0 Å². The molecular formula is C24H28FN2NaO7S. The van der Waals surface area contributed by atoms with Crippen molar-refractivity contribution in [2.24, 2.45) is 0 Å². The Kier molecular flexibility index (Phi) is 10.6. The number of rotatable bonds is 9. The van der Waals surface area contributed by atoms with Gasteiger partial charge in [-0.25, -0.2) is 22.1 Å². The van der Waals surface area contributed by atoms with Crippen LogP contribution in [0, 0.1) is 5.82 Å². The number of carboxylic acid groups (broad SMARTS) is 1. The fourth-order valence-corrected chi connectivity index (χ4v) is 4.66. The van der Waals surface area contributed by atoms with E-state index in [9.17, 15) is 32.9 Å². The zero-order valence-electron chi connectivity index (χ0n) is 20.6. The Hall–Kier alpha value is -1.86. The quantitative estimate of drug-likeness (QED) is 0.375. The smallest absolute Gasteiger partial charge is 0.550 e. The van der Waals surface area contributed by atoms with Gasteiger partial charge in [0.1, 0.15) is 12.5 Å². The number of aliphatic hydroxyl groups excluding tert-OH is 2. The monoisotopic (exact) mass is 530 g/mol. The first-order valence-corrected chi connectivity index (χ1v) is 12.9. The molecule has 0 saturated carbocycles. The average molecular weight is 531 g/mol. The number of anilines is 1. The van der Waals surface area contributed by atoms with E-state index in [2.05, 4.69) is 4.98 Å². The molecule has 0 radical (unpaired) electrons. The molecule has 1 aromatic heterocycles. The molecule has 2 atom stereocenters. The Morgan fingerprint density at radius 3 is 2.47 bits per heavy atom. The summed E-state index contributed by atoms with van der Waals surface area (Å²) in [5, 5.41) is 30.9. The van der Waals surface area contributed by atoms with E-state index < -0.39 is 40.4 Å². The first kappa shape index (κ1) is 30.4. The first-order valence-electron chi connectivity index (χ1n) is 11.0. The summed E-state index contributed by atoms with van der Waals surface area (Å²) in [5.41, 5.74) is 2.77. The standard InChI is InChI=1S/C24H29FN2O7S.Na/c1-14(2)23-19(9-8-17(28)10-18(29)11-21(30)31)22(15-4-6-16(25)7-5-15)20-12-34-13-27(24(20)26-23)35(3,32)33;/h4-9,14,17-18,28-29H,10-13H2,1-3H3,(H,30,31);/q;+1/p-1/b9-8+;/t17-,18-;/m1./s1. The van der Waals surface area contributed by atoms with Gasteiger partial charge < -0.3 is 24.9 Å². The number of fused-ring (bicyclic) bond motifs is 1. The van der Waals surface area contributed by atoms with Crippen LogP contribution < -0.4 is 39.0 Å². The molecule has 2 heterocycles. The number of pyridine rings is 1. The molecule has 1 aliphatic heterocycles. The summed E-state index contributed by atoms with van der Waals surface area (Å²) in [7, 11) is -3.70. The maximum atomic E-state index is 13.7. The van der Waals surface area contributed by atoms with Gasteiger partial charge in [0, 0.05) is 29.9 Å². The van der Waals surface area contributed by atoms with Crippen molar-refractivity contribution < 1.29 is 67.2 Å². The maximum absolute atomic E-state index is 13.7. The van der Waals surface area contributed by atoms with Crippen LogP contribution in [0.25, 0.3) is 17.2 Å². The van der Waals surface area contributed by atoms with E-state index in [1.807, 2.05) is 13.8 Å². The van der Waals surface area contributed by atoms with E-state index in [4.69, 9.17) is 4.74 Å². The van der Waals surface area contributed by atoms with Gasteiger partial charge in [0.05, 0.1) is 30.8 Å². The molecular weight excluding hydrogens is 502 g/mol. The number of sulfonamides is 1. The van der Waals surface area contributed by atoms with E-state index in [-0.39, 0.29) is 61.1 Å². The van der Waals surface area contributed by atoms with Gasteiger partial charge in [-0.05, 0) is 29.2 Å². The minimum atomic E-state index is -3.70. The molecule has 0 bridgehead atoms. The molecule has 2 aromatic rings. The zero-order chi connectivity index (χ0) is 25.9. The van der Waals surface area contributed by atoms with Gasteiger partial charge in [-0.1, -0.05) is 38.1 Å². The molecule has 2 N–H and O–H groups in total. The van der Waals surface area contributed by atoms with Crippen LogP contribution in [0.15, 0.2) is 30.3 Å². The zero-order valence-corrected chi connectivity index (χ0v) is 23.5. The Labute approximate surface area is 232 Å². The van der Waals surface area contributed by atoms with Gasteiger partial charge in [-0.2, -0.15) is 0 Å². The second-order valence-electron chi connectivity index (χ2n) is 8.73. The van der Waals surface area contributed by atoms with Crippen molar-refractivity contribution >= 4 is 27.9 Å².